The van der Waals surface area contributed by atoms with Gasteiger partial charge in [0, 0.05) is 0 Å². The predicted octanol–water partition coefficient (Wildman–Crippen LogP) is -0.174. The van der Waals surface area contributed by atoms with E-state index in [4.69, 9.17) is 10.5 Å². The van der Waals surface area contributed by atoms with Gasteiger partial charge < -0.3 is 15.4 Å². The predicted molar refractivity (Wildman–Crippen MR) is 66.1 cm³/mol. The molecule has 1 aromatic rings. The van der Waals surface area contributed by atoms with Gasteiger partial charge in [0.1, 0.15) is 18.4 Å². The summed E-state index contributed by atoms with van der Waals surface area (Å²) in [7, 11) is 0. The summed E-state index contributed by atoms with van der Waals surface area (Å²) in [4.78, 5) is 25.2. The van der Waals surface area contributed by atoms with Gasteiger partial charge in [0.2, 0.25) is 0 Å². The highest BCUT2D eigenvalue weighted by atomic mass is 16.5. The van der Waals surface area contributed by atoms with Crippen molar-refractivity contribution in [2.75, 3.05) is 11.5 Å². The Bertz CT molecular complexity index is 548. The molecule has 3 rings (SSSR count). The fourth-order valence-electron chi connectivity index (χ4n) is 2.42. The third-order valence-corrected chi connectivity index (χ3v) is 3.35. The van der Waals surface area contributed by atoms with Crippen LogP contribution in [-0.4, -0.2) is 35.8 Å². The average Bonchev–Trinajstić information content (AvgIpc) is 2.41. The maximum absolute atomic E-state index is 11.9. The van der Waals surface area contributed by atoms with Crippen molar-refractivity contribution in [2.45, 2.75) is 19.1 Å². The van der Waals surface area contributed by atoms with Crippen molar-refractivity contribution in [2.24, 2.45) is 5.73 Å². The summed E-state index contributed by atoms with van der Waals surface area (Å²) in [6, 6.07) is 7.05. The molecular weight excluding hydrogens is 248 g/mol. The molecule has 7 heteroatoms. The van der Waals surface area contributed by atoms with Gasteiger partial charge in [-0.3, -0.25) is 10.2 Å². The van der Waals surface area contributed by atoms with Gasteiger partial charge >= 0.3 is 6.03 Å². The van der Waals surface area contributed by atoms with Crippen LogP contribution in [0.3, 0.4) is 0 Å². The Kier molecular flexibility index (Phi) is 2.48. The molecular formula is C12H13N4O3. The molecule has 1 fully saturated rings. The number of anilines is 1. The Morgan fingerprint density at radius 1 is 1.63 bits per heavy atom. The van der Waals surface area contributed by atoms with Gasteiger partial charge in [0.05, 0.1) is 5.69 Å². The summed E-state index contributed by atoms with van der Waals surface area (Å²) in [5.41, 5.74) is 8.50. The topological polar surface area (TPSA) is 87.9 Å². The summed E-state index contributed by atoms with van der Waals surface area (Å²) in [6.07, 6.45) is -0.450. The smallest absolute Gasteiger partial charge is 0.335 e. The molecule has 3 N–H and O–H groups in total. The zero-order valence-corrected chi connectivity index (χ0v) is 10.3. The van der Waals surface area contributed by atoms with Crippen LogP contribution in [0.2, 0.25) is 0 Å². The zero-order valence-electron chi connectivity index (χ0n) is 10.3. The van der Waals surface area contributed by atoms with E-state index >= 15 is 0 Å². The van der Waals surface area contributed by atoms with Crippen molar-refractivity contribution >= 4 is 17.6 Å². The fourth-order valence-corrected chi connectivity index (χ4v) is 2.42. The van der Waals surface area contributed by atoms with Crippen LogP contribution in [0.4, 0.5) is 10.5 Å². The molecule has 99 valence electrons. The minimum Gasteiger partial charge on any atom is -0.487 e. The highest BCUT2D eigenvalue weighted by Gasteiger charge is 2.43. The molecule has 1 saturated heterocycles. The number of amides is 3. The molecule has 2 aliphatic rings. The van der Waals surface area contributed by atoms with Crippen LogP contribution in [0, 0.1) is 6.07 Å². The monoisotopic (exact) mass is 261 g/mol. The van der Waals surface area contributed by atoms with E-state index in [-0.39, 0.29) is 12.5 Å². The lowest BCUT2D eigenvalue weighted by molar-refractivity contribution is -0.130. The van der Waals surface area contributed by atoms with E-state index < -0.39 is 18.2 Å². The van der Waals surface area contributed by atoms with Crippen molar-refractivity contribution < 1.29 is 14.3 Å². The van der Waals surface area contributed by atoms with Crippen molar-refractivity contribution in [1.82, 2.24) is 10.4 Å². The number of rotatable bonds is 0. The third-order valence-electron chi connectivity index (χ3n) is 3.35. The Morgan fingerprint density at radius 3 is 3.16 bits per heavy atom. The number of primary amides is 1. The molecule has 1 aromatic carbocycles. The second-order valence-electron chi connectivity index (χ2n) is 4.45. The third kappa shape index (κ3) is 1.66. The minimum atomic E-state index is -0.720. The molecule has 0 aliphatic carbocycles. The maximum atomic E-state index is 11.9. The summed E-state index contributed by atoms with van der Waals surface area (Å²) in [6.45, 7) is 2.01. The van der Waals surface area contributed by atoms with Gasteiger partial charge in [-0.2, -0.15) is 0 Å². The molecule has 2 aliphatic heterocycles. The van der Waals surface area contributed by atoms with Crippen molar-refractivity contribution in [3.05, 3.63) is 24.3 Å². The van der Waals surface area contributed by atoms with E-state index in [1.807, 2.05) is 4.90 Å². The first kappa shape index (κ1) is 11.6. The van der Waals surface area contributed by atoms with Gasteiger partial charge in [0.15, 0.2) is 6.17 Å². The van der Waals surface area contributed by atoms with Gasteiger partial charge in [-0.1, -0.05) is 6.07 Å². The van der Waals surface area contributed by atoms with E-state index in [2.05, 4.69) is 11.5 Å². The maximum Gasteiger partial charge on any atom is 0.335 e. The lowest BCUT2D eigenvalue weighted by Crippen LogP contribution is -2.72. The van der Waals surface area contributed by atoms with Crippen LogP contribution in [0.5, 0.6) is 5.75 Å². The van der Waals surface area contributed by atoms with E-state index in [0.29, 0.717) is 5.75 Å². The largest absolute Gasteiger partial charge is 0.487 e. The molecule has 1 radical (unpaired) electrons. The van der Waals surface area contributed by atoms with Crippen LogP contribution in [-0.2, 0) is 4.79 Å². The van der Waals surface area contributed by atoms with Crippen molar-refractivity contribution in [3.8, 4) is 5.75 Å². The minimum absolute atomic E-state index is 0.241. The molecule has 3 amide bonds. The number of nitrogens with two attached hydrogens (primary N) is 1. The number of ether oxygens (including phenoxy) is 1. The number of carbonyl (C=O) groups is 2. The van der Waals surface area contributed by atoms with E-state index in [0.717, 1.165) is 10.7 Å². The molecule has 7 nitrogen and oxygen atoms in total. The van der Waals surface area contributed by atoms with E-state index in [9.17, 15) is 9.59 Å². The molecule has 2 heterocycles. The molecule has 0 spiro atoms. The van der Waals surface area contributed by atoms with Crippen LogP contribution >= 0.6 is 0 Å². The molecule has 0 saturated carbocycles. The van der Waals surface area contributed by atoms with Crippen LogP contribution in [0.1, 0.15) is 6.92 Å². The Labute approximate surface area is 109 Å². The second-order valence-corrected chi connectivity index (χ2v) is 4.45. The van der Waals surface area contributed by atoms with Gasteiger partial charge in [-0.25, -0.2) is 9.80 Å². The first-order chi connectivity index (χ1) is 9.09. The average molecular weight is 261 g/mol. The van der Waals surface area contributed by atoms with E-state index in [1.165, 1.54) is 0 Å². The zero-order chi connectivity index (χ0) is 13.6. The second kappa shape index (κ2) is 4.04. The molecule has 2 atom stereocenters. The number of carbonyl (C=O) groups excluding carboxylic acids is 2. The van der Waals surface area contributed by atoms with Crippen LogP contribution in [0.15, 0.2) is 18.2 Å². The van der Waals surface area contributed by atoms with Crippen molar-refractivity contribution in [1.29, 1.82) is 0 Å². The molecule has 1 unspecified atom stereocenters. The van der Waals surface area contributed by atoms with Crippen molar-refractivity contribution in [3.63, 3.8) is 0 Å². The highest BCUT2D eigenvalue weighted by molar-refractivity contribution is 5.90. The summed E-state index contributed by atoms with van der Waals surface area (Å²) in [5.74, 6) is 0.382. The summed E-state index contributed by atoms with van der Waals surface area (Å²) >= 11 is 0. The highest BCUT2D eigenvalue weighted by Crippen LogP contribution is 2.36. The van der Waals surface area contributed by atoms with Gasteiger partial charge in [0.25, 0.3) is 5.91 Å². The number of nitrogens with zero attached hydrogens (tertiary/aromatic N) is 2. The Hall–Kier alpha value is -2.44. The lowest BCUT2D eigenvalue weighted by Gasteiger charge is -2.49. The number of benzene rings is 1. The number of hydrazine groups is 1. The normalized spacial score (nSPS) is 25.0. The number of fused-ring (bicyclic) bond motifs is 3. The SMILES string of the molecule is C[C@@H]1C(=O)NN(C(N)=O)C2COc3cc[c]cc3N21. The van der Waals surface area contributed by atoms with Gasteiger partial charge in [-0.05, 0) is 25.1 Å². The summed E-state index contributed by atoms with van der Waals surface area (Å²) < 4.78 is 5.59. The number of hydrogen-bond acceptors (Lipinski definition) is 4. The summed E-state index contributed by atoms with van der Waals surface area (Å²) in [5, 5.41) is 1.10. The lowest BCUT2D eigenvalue weighted by atomic mass is 10.1. The fraction of sp³-hybridized carbons (Fsp3) is 0.333. The standard InChI is InChI=1S/C12H13N4O3/c1-7-11(17)14-16(12(13)18)10-6-19-9-5-3-2-4-8(9)15(7)10/h3-5,7,10H,6H2,1H3,(H2,13,18)(H,14,17)/t7-,10?/m1/s1. The van der Waals surface area contributed by atoms with Crippen LogP contribution < -0.4 is 20.8 Å². The number of urea groups is 1. The Morgan fingerprint density at radius 2 is 2.42 bits per heavy atom. The van der Waals surface area contributed by atoms with Gasteiger partial charge in [-0.15, -0.1) is 0 Å². The number of nitrogens with one attached hydrogen (secondary N) is 1. The van der Waals surface area contributed by atoms with E-state index in [1.54, 1.807) is 25.1 Å². The molecule has 0 aromatic heterocycles. The quantitative estimate of drug-likeness (QED) is 0.678. The Balaban J connectivity index is 2.06. The van der Waals surface area contributed by atoms with Crippen LogP contribution in [0.25, 0.3) is 0 Å². The molecule has 19 heavy (non-hydrogen) atoms. The first-order valence-electron chi connectivity index (χ1n) is 5.90. The number of hydrogen-bond donors (Lipinski definition) is 2. The first-order valence-corrected chi connectivity index (χ1v) is 5.90. The molecule has 0 bridgehead atoms.